The molecular formula is C21H19N3O4. The Kier molecular flexibility index (Phi) is 4.21. The van der Waals surface area contributed by atoms with Crippen LogP contribution in [0, 0.1) is 0 Å². The molecule has 3 heterocycles. The van der Waals surface area contributed by atoms with E-state index in [-0.39, 0.29) is 18.8 Å². The third-order valence-corrected chi connectivity index (χ3v) is 4.90. The first-order valence-corrected chi connectivity index (χ1v) is 9.17. The van der Waals surface area contributed by atoms with Gasteiger partial charge in [0, 0.05) is 23.9 Å². The second-order valence-electron chi connectivity index (χ2n) is 6.77. The first-order chi connectivity index (χ1) is 13.8. The number of nitrogens with one attached hydrogen (secondary N) is 1. The number of imidazole rings is 1. The zero-order chi connectivity index (χ0) is 18.9. The number of nitrogens with zero attached hydrogens (tertiary/aromatic N) is 2. The molecule has 2 aliphatic heterocycles. The summed E-state index contributed by atoms with van der Waals surface area (Å²) in [6, 6.07) is 15.2. The Hall–Kier alpha value is -3.32. The summed E-state index contributed by atoms with van der Waals surface area (Å²) in [5.74, 6) is 1.99. The lowest BCUT2D eigenvalue weighted by Crippen LogP contribution is -2.38. The van der Waals surface area contributed by atoms with Gasteiger partial charge in [0.05, 0.1) is 18.3 Å². The van der Waals surface area contributed by atoms with Gasteiger partial charge in [0.25, 0.3) is 5.91 Å². The summed E-state index contributed by atoms with van der Waals surface area (Å²) >= 11 is 0. The van der Waals surface area contributed by atoms with Crippen molar-refractivity contribution < 1.29 is 19.0 Å². The minimum Gasteiger partial charge on any atom is -0.454 e. The Morgan fingerprint density at radius 3 is 2.89 bits per heavy atom. The summed E-state index contributed by atoms with van der Waals surface area (Å²) in [4.78, 5) is 17.1. The summed E-state index contributed by atoms with van der Waals surface area (Å²) in [6.45, 7) is 1.69. The maximum atomic E-state index is 12.4. The predicted molar refractivity (Wildman–Crippen MR) is 101 cm³/mol. The number of hydrogen-bond acceptors (Lipinski definition) is 5. The fourth-order valence-electron chi connectivity index (χ4n) is 3.41. The molecule has 1 N–H and O–H groups in total. The van der Waals surface area contributed by atoms with Crippen LogP contribution in [0.5, 0.6) is 11.5 Å². The molecule has 1 atom stereocenters. The van der Waals surface area contributed by atoms with Crippen molar-refractivity contribution in [2.75, 3.05) is 13.3 Å². The lowest BCUT2D eigenvalue weighted by atomic mass is 10.2. The molecule has 0 saturated carbocycles. The van der Waals surface area contributed by atoms with Gasteiger partial charge in [-0.3, -0.25) is 4.79 Å². The summed E-state index contributed by atoms with van der Waals surface area (Å²) in [5, 5.41) is 2.94. The number of aromatic nitrogens is 2. The standard InChI is InChI=1S/C21H19N3O4/c25-21(15-6-7-18-19(8-15)28-13-27-18)22-9-16-10-24-11-17(23-20(24)12-26-16)14-4-2-1-3-5-14/h1-8,11,16H,9-10,12-13H2,(H,22,25). The number of ether oxygens (including phenoxy) is 3. The number of hydrogen-bond donors (Lipinski definition) is 1. The topological polar surface area (TPSA) is 74.6 Å². The Balaban J connectivity index is 1.22. The molecule has 2 aliphatic rings. The second-order valence-corrected chi connectivity index (χ2v) is 6.77. The summed E-state index contributed by atoms with van der Waals surface area (Å²) < 4.78 is 18.6. The van der Waals surface area contributed by atoms with Gasteiger partial charge in [-0.1, -0.05) is 30.3 Å². The molecule has 7 heteroatoms. The quantitative estimate of drug-likeness (QED) is 0.757. The Bertz CT molecular complexity index is 1020. The summed E-state index contributed by atoms with van der Waals surface area (Å²) in [6.07, 6.45) is 1.93. The third-order valence-electron chi connectivity index (χ3n) is 4.90. The number of rotatable bonds is 4. The van der Waals surface area contributed by atoms with Crippen LogP contribution in [0.15, 0.2) is 54.7 Å². The summed E-state index contributed by atoms with van der Waals surface area (Å²) in [7, 11) is 0. The summed E-state index contributed by atoms with van der Waals surface area (Å²) in [5.41, 5.74) is 2.55. The maximum Gasteiger partial charge on any atom is 0.251 e. The highest BCUT2D eigenvalue weighted by Gasteiger charge is 2.22. The highest BCUT2D eigenvalue weighted by molar-refractivity contribution is 5.94. The van der Waals surface area contributed by atoms with Crippen molar-refractivity contribution in [3.05, 3.63) is 66.1 Å². The molecule has 0 bridgehead atoms. The monoisotopic (exact) mass is 377 g/mol. The van der Waals surface area contributed by atoms with E-state index >= 15 is 0 Å². The van der Waals surface area contributed by atoms with Gasteiger partial charge in [-0.2, -0.15) is 0 Å². The second kappa shape index (κ2) is 7.01. The van der Waals surface area contributed by atoms with Gasteiger partial charge >= 0.3 is 0 Å². The normalized spacial score (nSPS) is 17.2. The zero-order valence-electron chi connectivity index (χ0n) is 15.1. The van der Waals surface area contributed by atoms with E-state index in [2.05, 4.69) is 14.9 Å². The van der Waals surface area contributed by atoms with Crippen molar-refractivity contribution in [2.24, 2.45) is 0 Å². The van der Waals surface area contributed by atoms with Gasteiger partial charge < -0.3 is 24.1 Å². The average molecular weight is 377 g/mol. The molecule has 0 fully saturated rings. The SMILES string of the molecule is O=C(NCC1Cn2cc(-c3ccccc3)nc2CO1)c1ccc2c(c1)OCO2. The highest BCUT2D eigenvalue weighted by atomic mass is 16.7. The van der Waals surface area contributed by atoms with Crippen LogP contribution in [-0.4, -0.2) is 34.9 Å². The highest BCUT2D eigenvalue weighted by Crippen LogP contribution is 2.32. The smallest absolute Gasteiger partial charge is 0.251 e. The van der Waals surface area contributed by atoms with Crippen molar-refractivity contribution in [2.45, 2.75) is 19.3 Å². The van der Waals surface area contributed by atoms with Crippen molar-refractivity contribution in [1.29, 1.82) is 0 Å². The van der Waals surface area contributed by atoms with Crippen LogP contribution in [0.1, 0.15) is 16.2 Å². The predicted octanol–water partition coefficient (Wildman–Crippen LogP) is 2.61. The molecular weight excluding hydrogens is 358 g/mol. The molecule has 5 rings (SSSR count). The van der Waals surface area contributed by atoms with Gasteiger partial charge in [-0.05, 0) is 18.2 Å². The van der Waals surface area contributed by atoms with Crippen molar-refractivity contribution >= 4 is 5.91 Å². The first kappa shape index (κ1) is 16.8. The molecule has 2 aromatic carbocycles. The number of fused-ring (bicyclic) bond motifs is 2. The van der Waals surface area contributed by atoms with Gasteiger partial charge in [-0.15, -0.1) is 0 Å². The molecule has 28 heavy (non-hydrogen) atoms. The van der Waals surface area contributed by atoms with Crippen LogP contribution in [-0.2, 0) is 17.9 Å². The lowest BCUT2D eigenvalue weighted by Gasteiger charge is -2.24. The third kappa shape index (κ3) is 3.20. The largest absolute Gasteiger partial charge is 0.454 e. The Labute approximate surface area is 161 Å². The molecule has 1 unspecified atom stereocenters. The number of benzene rings is 2. The number of carbonyl (C=O) groups is 1. The minimum atomic E-state index is -0.164. The van der Waals surface area contributed by atoms with Crippen LogP contribution in [0.4, 0.5) is 0 Å². The molecule has 0 spiro atoms. The van der Waals surface area contributed by atoms with Crippen LogP contribution in [0.25, 0.3) is 11.3 Å². The molecule has 1 aromatic heterocycles. The van der Waals surface area contributed by atoms with E-state index in [1.807, 2.05) is 36.5 Å². The van der Waals surface area contributed by atoms with Crippen molar-refractivity contribution in [3.8, 4) is 22.8 Å². The van der Waals surface area contributed by atoms with E-state index < -0.39 is 0 Å². The van der Waals surface area contributed by atoms with E-state index in [0.29, 0.717) is 36.8 Å². The Morgan fingerprint density at radius 2 is 2.00 bits per heavy atom. The number of carbonyl (C=O) groups excluding carboxylic acids is 1. The van der Waals surface area contributed by atoms with E-state index in [1.165, 1.54) is 0 Å². The van der Waals surface area contributed by atoms with Crippen LogP contribution in [0.3, 0.4) is 0 Å². The zero-order valence-corrected chi connectivity index (χ0v) is 15.1. The first-order valence-electron chi connectivity index (χ1n) is 9.17. The molecule has 3 aromatic rings. The molecule has 7 nitrogen and oxygen atoms in total. The van der Waals surface area contributed by atoms with Crippen molar-refractivity contribution in [3.63, 3.8) is 0 Å². The fraction of sp³-hybridized carbons (Fsp3) is 0.238. The average Bonchev–Trinajstić information content (AvgIpc) is 3.38. The van der Waals surface area contributed by atoms with E-state index in [9.17, 15) is 4.79 Å². The van der Waals surface area contributed by atoms with Gasteiger partial charge in [0.15, 0.2) is 11.5 Å². The molecule has 142 valence electrons. The van der Waals surface area contributed by atoms with Gasteiger partial charge in [-0.25, -0.2) is 4.98 Å². The number of amides is 1. The van der Waals surface area contributed by atoms with Gasteiger partial charge in [0.2, 0.25) is 6.79 Å². The van der Waals surface area contributed by atoms with E-state index in [4.69, 9.17) is 14.2 Å². The molecule has 0 aliphatic carbocycles. The molecule has 1 amide bonds. The van der Waals surface area contributed by atoms with E-state index in [0.717, 1.165) is 17.1 Å². The van der Waals surface area contributed by atoms with Crippen LogP contribution in [0.2, 0.25) is 0 Å². The van der Waals surface area contributed by atoms with Gasteiger partial charge in [0.1, 0.15) is 12.4 Å². The molecule has 0 saturated heterocycles. The fourth-order valence-corrected chi connectivity index (χ4v) is 3.41. The Morgan fingerprint density at radius 1 is 1.14 bits per heavy atom. The lowest BCUT2D eigenvalue weighted by molar-refractivity contribution is 0.00327. The molecule has 0 radical (unpaired) electrons. The van der Waals surface area contributed by atoms with Crippen molar-refractivity contribution in [1.82, 2.24) is 14.9 Å². The van der Waals surface area contributed by atoms with E-state index in [1.54, 1.807) is 18.2 Å². The minimum absolute atomic E-state index is 0.108. The maximum absolute atomic E-state index is 12.4. The van der Waals surface area contributed by atoms with Crippen LogP contribution >= 0.6 is 0 Å². The van der Waals surface area contributed by atoms with Crippen LogP contribution < -0.4 is 14.8 Å².